The van der Waals surface area contributed by atoms with Crippen molar-refractivity contribution in [2.45, 2.75) is 57.4 Å². The maximum atomic E-state index is 5.91. The fraction of sp³-hybridized carbons (Fsp3) is 1.00. The Hall–Kier alpha value is -0.160. The quantitative estimate of drug-likeness (QED) is 0.826. The fourth-order valence-electron chi connectivity index (χ4n) is 3.45. The van der Waals surface area contributed by atoms with Crippen molar-refractivity contribution in [2.75, 3.05) is 33.9 Å². The molecule has 2 aliphatic rings. The molecule has 1 saturated carbocycles. The van der Waals surface area contributed by atoms with Crippen molar-refractivity contribution in [2.24, 2.45) is 5.92 Å². The average Bonchev–Trinajstić information content (AvgIpc) is 2.86. The van der Waals surface area contributed by atoms with E-state index in [1.807, 2.05) is 0 Å². The maximum absolute atomic E-state index is 5.91. The summed E-state index contributed by atoms with van der Waals surface area (Å²) in [6, 6.07) is 1.05. The first-order chi connectivity index (χ1) is 9.10. The van der Waals surface area contributed by atoms with Gasteiger partial charge in [0.15, 0.2) is 5.79 Å². The Morgan fingerprint density at radius 3 is 2.63 bits per heavy atom. The van der Waals surface area contributed by atoms with Gasteiger partial charge in [0.2, 0.25) is 0 Å². The largest absolute Gasteiger partial charge is 0.347 e. The Morgan fingerprint density at radius 1 is 1.37 bits per heavy atom. The molecule has 0 bridgehead atoms. The Labute approximate surface area is 117 Å². The van der Waals surface area contributed by atoms with Gasteiger partial charge < -0.3 is 19.7 Å². The van der Waals surface area contributed by atoms with Crippen LogP contribution in [0.3, 0.4) is 0 Å². The van der Waals surface area contributed by atoms with Gasteiger partial charge in [-0.05, 0) is 26.4 Å². The lowest BCUT2D eigenvalue weighted by Gasteiger charge is -2.45. The van der Waals surface area contributed by atoms with Crippen LogP contribution in [-0.4, -0.2) is 56.6 Å². The fourth-order valence-corrected chi connectivity index (χ4v) is 3.45. The summed E-state index contributed by atoms with van der Waals surface area (Å²) in [6.07, 6.45) is 4.38. The molecule has 1 aliphatic heterocycles. The second-order valence-electron chi connectivity index (χ2n) is 6.27. The third-order valence-electron chi connectivity index (χ3n) is 4.87. The minimum atomic E-state index is -0.290. The summed E-state index contributed by atoms with van der Waals surface area (Å²) >= 11 is 0. The van der Waals surface area contributed by atoms with E-state index in [1.54, 1.807) is 0 Å². The van der Waals surface area contributed by atoms with E-state index in [2.05, 4.69) is 38.2 Å². The lowest BCUT2D eigenvalue weighted by molar-refractivity contribution is -0.192. The van der Waals surface area contributed by atoms with Crippen molar-refractivity contribution in [1.29, 1.82) is 0 Å². The molecule has 1 heterocycles. The lowest BCUT2D eigenvalue weighted by Crippen LogP contribution is -2.56. The molecular formula is C15H30N2O2. The minimum Gasteiger partial charge on any atom is -0.347 e. The number of nitrogens with zero attached hydrogens (tertiary/aromatic N) is 1. The highest BCUT2D eigenvalue weighted by Crippen LogP contribution is 2.37. The second kappa shape index (κ2) is 6.53. The van der Waals surface area contributed by atoms with Crippen LogP contribution in [0.4, 0.5) is 0 Å². The van der Waals surface area contributed by atoms with Gasteiger partial charge in [-0.3, -0.25) is 0 Å². The SMILES string of the molecule is CCC(C)CN(C)C1CC2(CCC1NC)OCCO2. The van der Waals surface area contributed by atoms with Gasteiger partial charge in [-0.2, -0.15) is 0 Å². The second-order valence-corrected chi connectivity index (χ2v) is 6.27. The molecule has 3 unspecified atom stereocenters. The van der Waals surface area contributed by atoms with Gasteiger partial charge in [0.1, 0.15) is 0 Å². The highest BCUT2D eigenvalue weighted by Gasteiger charge is 2.45. The van der Waals surface area contributed by atoms with Crippen LogP contribution in [0.5, 0.6) is 0 Å². The lowest BCUT2D eigenvalue weighted by atomic mass is 9.84. The van der Waals surface area contributed by atoms with Crippen LogP contribution < -0.4 is 5.32 Å². The molecule has 1 N–H and O–H groups in total. The predicted molar refractivity (Wildman–Crippen MR) is 77.2 cm³/mol. The summed E-state index contributed by atoms with van der Waals surface area (Å²) in [4.78, 5) is 2.50. The van der Waals surface area contributed by atoms with Crippen LogP contribution in [0.2, 0.25) is 0 Å². The van der Waals surface area contributed by atoms with Crippen molar-refractivity contribution in [1.82, 2.24) is 10.2 Å². The van der Waals surface area contributed by atoms with E-state index < -0.39 is 0 Å². The zero-order valence-electron chi connectivity index (χ0n) is 12.9. The van der Waals surface area contributed by atoms with Crippen molar-refractivity contribution >= 4 is 0 Å². The number of likely N-dealkylation sites (N-methyl/N-ethyl adjacent to an activating group) is 2. The molecule has 2 rings (SSSR count). The first kappa shape index (κ1) is 15.2. The van der Waals surface area contributed by atoms with E-state index in [0.29, 0.717) is 12.1 Å². The van der Waals surface area contributed by atoms with E-state index in [1.165, 1.54) is 6.42 Å². The van der Waals surface area contributed by atoms with Gasteiger partial charge in [-0.1, -0.05) is 20.3 Å². The van der Waals surface area contributed by atoms with Crippen LogP contribution in [-0.2, 0) is 9.47 Å². The molecule has 0 aromatic heterocycles. The van der Waals surface area contributed by atoms with Crippen LogP contribution in [0.15, 0.2) is 0 Å². The number of hydrogen-bond acceptors (Lipinski definition) is 4. The number of hydrogen-bond donors (Lipinski definition) is 1. The van der Waals surface area contributed by atoms with Crippen molar-refractivity contribution < 1.29 is 9.47 Å². The van der Waals surface area contributed by atoms with Crippen molar-refractivity contribution in [3.05, 3.63) is 0 Å². The summed E-state index contributed by atoms with van der Waals surface area (Å²) < 4.78 is 11.8. The van der Waals surface area contributed by atoms with Crippen molar-refractivity contribution in [3.8, 4) is 0 Å². The Kier molecular flexibility index (Phi) is 5.23. The van der Waals surface area contributed by atoms with Crippen LogP contribution >= 0.6 is 0 Å². The van der Waals surface area contributed by atoms with Gasteiger partial charge in [0.25, 0.3) is 0 Å². The van der Waals surface area contributed by atoms with Crippen LogP contribution in [0.25, 0.3) is 0 Å². The molecule has 0 aromatic carbocycles. The van der Waals surface area contributed by atoms with Crippen LogP contribution in [0, 0.1) is 5.92 Å². The molecule has 4 nitrogen and oxygen atoms in total. The topological polar surface area (TPSA) is 33.7 Å². The summed E-state index contributed by atoms with van der Waals surface area (Å²) in [6.45, 7) is 7.25. The normalized spacial score (nSPS) is 32.1. The molecule has 4 heteroatoms. The monoisotopic (exact) mass is 270 g/mol. The first-order valence-corrected chi connectivity index (χ1v) is 7.75. The minimum absolute atomic E-state index is 0.290. The summed E-state index contributed by atoms with van der Waals surface area (Å²) in [5, 5.41) is 3.48. The maximum Gasteiger partial charge on any atom is 0.170 e. The molecule has 0 amide bonds. The molecule has 0 aromatic rings. The Bertz CT molecular complexity index is 279. The summed E-state index contributed by atoms with van der Waals surface area (Å²) in [5.41, 5.74) is 0. The van der Waals surface area contributed by atoms with E-state index in [-0.39, 0.29) is 5.79 Å². The molecular weight excluding hydrogens is 240 g/mol. The van der Waals surface area contributed by atoms with E-state index >= 15 is 0 Å². The molecule has 2 fully saturated rings. The predicted octanol–water partition coefficient (Wildman–Crippen LogP) is 1.85. The molecule has 0 radical (unpaired) electrons. The Balaban J connectivity index is 2.00. The number of nitrogens with one attached hydrogen (secondary N) is 1. The molecule has 1 spiro atoms. The molecule has 19 heavy (non-hydrogen) atoms. The highest BCUT2D eigenvalue weighted by molar-refractivity contribution is 4.95. The van der Waals surface area contributed by atoms with Crippen LogP contribution in [0.1, 0.15) is 39.5 Å². The smallest absolute Gasteiger partial charge is 0.170 e. The summed E-state index contributed by atoms with van der Waals surface area (Å²) in [7, 11) is 4.32. The molecule has 112 valence electrons. The standard InChI is InChI=1S/C15H30N2O2/c1-5-12(2)11-17(4)14-10-15(18-8-9-19-15)7-6-13(14)16-3/h12-14,16H,5-11H2,1-4H3. The van der Waals surface area contributed by atoms with E-state index in [0.717, 1.165) is 44.9 Å². The number of ether oxygens (including phenoxy) is 2. The van der Waals surface area contributed by atoms with Gasteiger partial charge in [0, 0.05) is 31.5 Å². The molecule has 1 saturated heterocycles. The molecule has 1 aliphatic carbocycles. The zero-order valence-corrected chi connectivity index (χ0v) is 12.9. The van der Waals surface area contributed by atoms with Gasteiger partial charge in [0.05, 0.1) is 13.2 Å². The molecule has 3 atom stereocenters. The average molecular weight is 270 g/mol. The number of rotatable bonds is 5. The highest BCUT2D eigenvalue weighted by atomic mass is 16.7. The van der Waals surface area contributed by atoms with E-state index in [4.69, 9.17) is 9.47 Å². The van der Waals surface area contributed by atoms with E-state index in [9.17, 15) is 0 Å². The zero-order chi connectivity index (χ0) is 13.9. The third kappa shape index (κ3) is 3.48. The Morgan fingerprint density at radius 2 is 2.05 bits per heavy atom. The van der Waals surface area contributed by atoms with Gasteiger partial charge in [-0.15, -0.1) is 0 Å². The third-order valence-corrected chi connectivity index (χ3v) is 4.87. The van der Waals surface area contributed by atoms with Gasteiger partial charge >= 0.3 is 0 Å². The summed E-state index contributed by atoms with van der Waals surface area (Å²) in [5.74, 6) is 0.452. The van der Waals surface area contributed by atoms with Crippen molar-refractivity contribution in [3.63, 3.8) is 0 Å². The van der Waals surface area contributed by atoms with Gasteiger partial charge in [-0.25, -0.2) is 0 Å². The first-order valence-electron chi connectivity index (χ1n) is 7.75.